The van der Waals surface area contributed by atoms with Crippen LogP contribution in [0, 0.1) is 0 Å². The summed E-state index contributed by atoms with van der Waals surface area (Å²) in [5, 5.41) is 41.6. The summed E-state index contributed by atoms with van der Waals surface area (Å²) in [5.74, 6) is -5.01. The minimum Gasteiger partial charge on any atom is -0.481 e. The second kappa shape index (κ2) is 25.1. The molecule has 0 aliphatic rings. The van der Waals surface area contributed by atoms with Gasteiger partial charge in [-0.25, -0.2) is 0 Å². The molecule has 8 N–H and O–H groups in total. The van der Waals surface area contributed by atoms with Gasteiger partial charge in [0.15, 0.2) is 0 Å². The number of carbonyl (C=O) groups is 5. The van der Waals surface area contributed by atoms with Gasteiger partial charge in [0, 0.05) is 23.8 Å². The minimum absolute atomic E-state index is 0.0542. The van der Waals surface area contributed by atoms with Crippen molar-refractivity contribution >= 4 is 41.5 Å². The Labute approximate surface area is 257 Å². The molecule has 0 saturated carbocycles. The molecule has 4 atom stereocenters. The van der Waals surface area contributed by atoms with Gasteiger partial charge in [-0.2, -0.15) is 0 Å². The summed E-state index contributed by atoms with van der Waals surface area (Å²) in [6.45, 7) is 1.49. The number of nitrogens with two attached hydrogens (primary N) is 1. The van der Waals surface area contributed by atoms with Gasteiger partial charge in [0.1, 0.15) is 18.6 Å². The zero-order chi connectivity index (χ0) is 32.5. The number of aliphatic hydroxyl groups is 1. The number of thioether (sulfide) groups is 1. The number of carboxylic acid groups (broad SMARTS) is 3. The van der Waals surface area contributed by atoms with Crippen molar-refractivity contribution in [2.45, 2.75) is 94.6 Å². The Morgan fingerprint density at radius 1 is 0.860 bits per heavy atom. The molecule has 242 valence electrons. The molecule has 0 aliphatic heterocycles. The molecule has 13 heteroatoms. The Morgan fingerprint density at radius 3 is 2.23 bits per heavy atom. The number of aliphatic carboxylic acids is 3. The maximum absolute atomic E-state index is 12.6. The van der Waals surface area contributed by atoms with E-state index in [1.165, 1.54) is 19.3 Å². The quantitative estimate of drug-likeness (QED) is 0.0444. The van der Waals surface area contributed by atoms with Crippen molar-refractivity contribution in [2.24, 2.45) is 5.73 Å². The number of amides is 2. The Balaban J connectivity index is 5.38. The number of carbonyl (C=O) groups excluding carboxylic acids is 2. The highest BCUT2D eigenvalue weighted by atomic mass is 32.2. The van der Waals surface area contributed by atoms with Crippen LogP contribution in [-0.4, -0.2) is 85.9 Å². The molecule has 0 saturated heterocycles. The maximum Gasteiger partial charge on any atom is 0.322 e. The lowest BCUT2D eigenvalue weighted by Crippen LogP contribution is -2.50. The average Bonchev–Trinajstić information content (AvgIpc) is 2.95. The van der Waals surface area contributed by atoms with E-state index in [4.69, 9.17) is 21.1 Å². The fourth-order valence-electron chi connectivity index (χ4n) is 3.54. The third kappa shape index (κ3) is 22.8. The van der Waals surface area contributed by atoms with Crippen molar-refractivity contribution in [3.63, 3.8) is 0 Å². The Morgan fingerprint density at radius 2 is 1.58 bits per heavy atom. The molecule has 0 aromatic heterocycles. The van der Waals surface area contributed by atoms with Gasteiger partial charge in [-0.05, 0) is 38.5 Å². The molecule has 12 nitrogen and oxygen atoms in total. The summed E-state index contributed by atoms with van der Waals surface area (Å²) >= 11 is 1.13. The number of unbranched alkanes of at least 4 members (excludes halogenated alkanes) is 3. The molecule has 0 radical (unpaired) electrons. The molecule has 0 heterocycles. The van der Waals surface area contributed by atoms with Gasteiger partial charge in [-0.1, -0.05) is 68.4 Å². The Kier molecular flexibility index (Phi) is 23.1. The number of allylic oxidation sites excluding steroid dienone is 7. The summed E-state index contributed by atoms with van der Waals surface area (Å²) in [6, 6.07) is -2.45. The third-order valence-electron chi connectivity index (χ3n) is 5.97. The van der Waals surface area contributed by atoms with Crippen LogP contribution in [0.1, 0.15) is 71.1 Å². The first-order chi connectivity index (χ1) is 20.5. The number of hydrogen-bond acceptors (Lipinski definition) is 8. The average molecular weight is 626 g/mol. The van der Waals surface area contributed by atoms with Crippen molar-refractivity contribution in [1.82, 2.24) is 10.6 Å². The topological polar surface area (TPSA) is 216 Å². The molecule has 0 aromatic rings. The van der Waals surface area contributed by atoms with E-state index < -0.39 is 59.7 Å². The van der Waals surface area contributed by atoms with Gasteiger partial charge in [0.25, 0.3) is 0 Å². The van der Waals surface area contributed by atoms with Crippen LogP contribution < -0.4 is 16.4 Å². The van der Waals surface area contributed by atoms with Crippen LogP contribution in [0.4, 0.5) is 0 Å². The molecule has 0 bridgehead atoms. The summed E-state index contributed by atoms with van der Waals surface area (Å²) in [6.07, 6.45) is 19.5. The van der Waals surface area contributed by atoms with Gasteiger partial charge < -0.3 is 36.8 Å². The van der Waals surface area contributed by atoms with Crippen LogP contribution in [0.5, 0.6) is 0 Å². The van der Waals surface area contributed by atoms with Crippen LogP contribution in [0.2, 0.25) is 0 Å². The van der Waals surface area contributed by atoms with Gasteiger partial charge in [-0.15, -0.1) is 11.8 Å². The minimum atomic E-state index is -1.28. The lowest BCUT2D eigenvalue weighted by atomic mass is 10.1. The van der Waals surface area contributed by atoms with Gasteiger partial charge in [0.05, 0.1) is 6.10 Å². The highest BCUT2D eigenvalue weighted by Gasteiger charge is 2.25. The van der Waals surface area contributed by atoms with Crippen LogP contribution in [0.25, 0.3) is 0 Å². The second-order valence-corrected chi connectivity index (χ2v) is 11.0. The lowest BCUT2D eigenvalue weighted by Gasteiger charge is -2.23. The maximum atomic E-state index is 12.6. The smallest absolute Gasteiger partial charge is 0.322 e. The normalized spacial score (nSPS) is 14.7. The number of aliphatic hydroxyl groups excluding tert-OH is 1. The van der Waals surface area contributed by atoms with Crippen molar-refractivity contribution in [3.05, 3.63) is 48.6 Å². The van der Waals surface area contributed by atoms with Crippen molar-refractivity contribution in [3.8, 4) is 0 Å². The standard InChI is InChI=1S/C30H47N3O9S/c1-2-3-4-5-6-7-8-9-10-11-12-13-16-25(24(34)15-14-17-27(36)37)43-21-23(29(40)32-20-28(38)39)33-26(35)19-18-22(31)30(41)42/h6-7,9-13,16,22-25,34H,2-5,8,14-15,17-21,31H2,1H3,(H,32,40)(H,33,35)(H,36,37)(H,38,39)(H,41,42)/b7-6-,10-9-,12-11-,16-13-/t22-,23-,24-,25+/m0/s1. The van der Waals surface area contributed by atoms with Crippen LogP contribution in [0.15, 0.2) is 48.6 Å². The van der Waals surface area contributed by atoms with Gasteiger partial charge in [-0.3, -0.25) is 24.0 Å². The van der Waals surface area contributed by atoms with E-state index in [0.717, 1.165) is 24.6 Å². The first-order valence-corrected chi connectivity index (χ1v) is 15.5. The van der Waals surface area contributed by atoms with Gasteiger partial charge >= 0.3 is 17.9 Å². The third-order valence-corrected chi connectivity index (χ3v) is 7.36. The molecule has 0 aromatic carbocycles. The number of rotatable bonds is 25. The highest BCUT2D eigenvalue weighted by molar-refractivity contribution is 8.00. The molecule has 43 heavy (non-hydrogen) atoms. The summed E-state index contributed by atoms with van der Waals surface area (Å²) in [7, 11) is 0. The first kappa shape index (κ1) is 39.6. The Bertz CT molecular complexity index is 982. The zero-order valence-corrected chi connectivity index (χ0v) is 25.5. The largest absolute Gasteiger partial charge is 0.481 e. The van der Waals surface area contributed by atoms with Crippen LogP contribution >= 0.6 is 11.8 Å². The predicted octanol–water partition coefficient (Wildman–Crippen LogP) is 2.78. The molecular weight excluding hydrogens is 578 g/mol. The lowest BCUT2D eigenvalue weighted by molar-refractivity contribution is -0.139. The van der Waals surface area contributed by atoms with E-state index >= 15 is 0 Å². The molecule has 0 spiro atoms. The first-order valence-electron chi connectivity index (χ1n) is 14.4. The van der Waals surface area contributed by atoms with E-state index in [-0.39, 0.29) is 37.9 Å². The van der Waals surface area contributed by atoms with Crippen LogP contribution in [-0.2, 0) is 24.0 Å². The zero-order valence-electron chi connectivity index (χ0n) is 24.7. The van der Waals surface area contributed by atoms with E-state index in [1.807, 2.05) is 18.2 Å². The molecular formula is C30H47N3O9S. The monoisotopic (exact) mass is 625 g/mol. The van der Waals surface area contributed by atoms with Crippen molar-refractivity contribution < 1.29 is 44.4 Å². The molecule has 0 aliphatic carbocycles. The van der Waals surface area contributed by atoms with E-state index in [1.54, 1.807) is 18.2 Å². The molecule has 2 amide bonds. The summed E-state index contributed by atoms with van der Waals surface area (Å²) in [5.41, 5.74) is 5.43. The fraction of sp³-hybridized carbons (Fsp3) is 0.567. The van der Waals surface area contributed by atoms with Crippen molar-refractivity contribution in [1.29, 1.82) is 0 Å². The van der Waals surface area contributed by atoms with E-state index in [2.05, 4.69) is 29.7 Å². The summed E-state index contributed by atoms with van der Waals surface area (Å²) in [4.78, 5) is 57.8. The second-order valence-electron chi connectivity index (χ2n) is 9.77. The van der Waals surface area contributed by atoms with Gasteiger partial charge in [0.2, 0.25) is 11.8 Å². The predicted molar refractivity (Wildman–Crippen MR) is 166 cm³/mol. The van der Waals surface area contributed by atoms with E-state index in [9.17, 15) is 29.1 Å². The molecule has 0 fully saturated rings. The van der Waals surface area contributed by atoms with Crippen molar-refractivity contribution in [2.75, 3.05) is 12.3 Å². The van der Waals surface area contributed by atoms with E-state index in [0.29, 0.717) is 0 Å². The molecule has 0 unspecified atom stereocenters. The highest BCUT2D eigenvalue weighted by Crippen LogP contribution is 2.22. The summed E-state index contributed by atoms with van der Waals surface area (Å²) < 4.78 is 0. The number of nitrogens with one attached hydrogen (secondary N) is 2. The fourth-order valence-corrected chi connectivity index (χ4v) is 4.75. The van der Waals surface area contributed by atoms with Crippen LogP contribution in [0.3, 0.4) is 0 Å². The SMILES string of the molecule is CCCCC/C=C\C\C=C/C=C\C=C/[C@@H](SC[C@H](NC(=O)CC[C@H](N)C(=O)O)C(=O)NCC(=O)O)[C@@H](O)CCCC(=O)O. The Hall–Kier alpha value is -3.42. The number of hydrogen-bond donors (Lipinski definition) is 7. The molecule has 0 rings (SSSR count). The number of carboxylic acids is 3.